The highest BCUT2D eigenvalue weighted by molar-refractivity contribution is 7.16. The van der Waals surface area contributed by atoms with Gasteiger partial charge in [-0.05, 0) is 42.7 Å². The Kier molecular flexibility index (Phi) is 3.82. The van der Waals surface area contributed by atoms with E-state index >= 15 is 0 Å². The molecule has 2 N–H and O–H groups in total. The molecule has 0 aliphatic rings. The molecule has 1 unspecified atom stereocenters. The van der Waals surface area contributed by atoms with Gasteiger partial charge < -0.3 is 5.73 Å². The summed E-state index contributed by atoms with van der Waals surface area (Å²) in [5, 5.41) is 0. The number of halogens is 2. The monoisotopic (exact) mass is 269 g/mol. The number of benzene rings is 1. The molecule has 1 aromatic carbocycles. The van der Waals surface area contributed by atoms with Crippen LogP contribution in [-0.2, 0) is 6.42 Å². The van der Waals surface area contributed by atoms with Gasteiger partial charge in [0.25, 0.3) is 0 Å². The maximum atomic E-state index is 12.8. The smallest absolute Gasteiger partial charge is 0.123 e. The van der Waals surface area contributed by atoms with Gasteiger partial charge in [-0.3, -0.25) is 0 Å². The summed E-state index contributed by atoms with van der Waals surface area (Å²) in [7, 11) is 0. The SMILES string of the molecule is Cc1cc(C(N)Cc2ccc(F)cc2)sc1Cl. The van der Waals surface area contributed by atoms with Crippen LogP contribution in [-0.4, -0.2) is 0 Å². The molecule has 0 radical (unpaired) electrons. The van der Waals surface area contributed by atoms with Crippen LogP contribution in [0.25, 0.3) is 0 Å². The third-order valence-corrected chi connectivity index (χ3v) is 4.30. The summed E-state index contributed by atoms with van der Waals surface area (Å²) in [6.45, 7) is 1.97. The maximum absolute atomic E-state index is 12.8. The van der Waals surface area contributed by atoms with Crippen LogP contribution in [0.4, 0.5) is 4.39 Å². The van der Waals surface area contributed by atoms with Crippen LogP contribution in [0.5, 0.6) is 0 Å². The van der Waals surface area contributed by atoms with Gasteiger partial charge >= 0.3 is 0 Å². The first kappa shape index (κ1) is 12.6. The lowest BCUT2D eigenvalue weighted by Crippen LogP contribution is -2.11. The average molecular weight is 270 g/mol. The predicted molar refractivity (Wildman–Crippen MR) is 71.1 cm³/mol. The quantitative estimate of drug-likeness (QED) is 0.892. The Bertz CT molecular complexity index is 487. The molecule has 0 bridgehead atoms. The zero-order chi connectivity index (χ0) is 12.4. The Morgan fingerprint density at radius 1 is 1.35 bits per heavy atom. The Balaban J connectivity index is 2.11. The number of hydrogen-bond acceptors (Lipinski definition) is 2. The summed E-state index contributed by atoms with van der Waals surface area (Å²) in [4.78, 5) is 1.07. The van der Waals surface area contributed by atoms with Crippen molar-refractivity contribution in [3.63, 3.8) is 0 Å². The van der Waals surface area contributed by atoms with Crippen LogP contribution < -0.4 is 5.73 Å². The molecular formula is C13H13ClFNS. The van der Waals surface area contributed by atoms with Crippen LogP contribution in [0, 0.1) is 12.7 Å². The molecule has 0 spiro atoms. The summed E-state index contributed by atoms with van der Waals surface area (Å²) in [5.41, 5.74) is 8.19. The van der Waals surface area contributed by atoms with Crippen molar-refractivity contribution in [2.45, 2.75) is 19.4 Å². The summed E-state index contributed by atoms with van der Waals surface area (Å²) in [5.74, 6) is -0.225. The van der Waals surface area contributed by atoms with Gasteiger partial charge in [-0.1, -0.05) is 23.7 Å². The molecule has 4 heteroatoms. The lowest BCUT2D eigenvalue weighted by atomic mass is 10.1. The van der Waals surface area contributed by atoms with Crippen LogP contribution in [0.15, 0.2) is 30.3 Å². The molecule has 17 heavy (non-hydrogen) atoms. The van der Waals surface area contributed by atoms with Crippen molar-refractivity contribution in [3.8, 4) is 0 Å². The lowest BCUT2D eigenvalue weighted by Gasteiger charge is -2.09. The highest BCUT2D eigenvalue weighted by Crippen LogP contribution is 2.31. The molecule has 0 aliphatic carbocycles. The molecule has 1 nitrogen and oxygen atoms in total. The molecule has 0 saturated heterocycles. The Hall–Kier alpha value is -0.900. The normalized spacial score (nSPS) is 12.7. The zero-order valence-electron chi connectivity index (χ0n) is 9.41. The topological polar surface area (TPSA) is 26.0 Å². The third kappa shape index (κ3) is 3.06. The van der Waals surface area contributed by atoms with E-state index in [-0.39, 0.29) is 11.9 Å². The van der Waals surface area contributed by atoms with Gasteiger partial charge in [0.1, 0.15) is 5.82 Å². The fourth-order valence-electron chi connectivity index (χ4n) is 1.64. The van der Waals surface area contributed by atoms with Crippen LogP contribution in [0.3, 0.4) is 0 Å². The fraction of sp³-hybridized carbons (Fsp3) is 0.231. The van der Waals surface area contributed by atoms with E-state index in [1.165, 1.54) is 23.5 Å². The first-order valence-corrected chi connectivity index (χ1v) is 6.51. The molecule has 2 rings (SSSR count). The van der Waals surface area contributed by atoms with Crippen molar-refractivity contribution < 1.29 is 4.39 Å². The highest BCUT2D eigenvalue weighted by Gasteiger charge is 2.11. The van der Waals surface area contributed by atoms with E-state index < -0.39 is 0 Å². The standard InChI is InChI=1S/C13H13ClFNS/c1-8-6-12(17-13(8)14)11(16)7-9-2-4-10(15)5-3-9/h2-6,11H,7,16H2,1H3. The van der Waals surface area contributed by atoms with Crippen LogP contribution in [0.1, 0.15) is 22.0 Å². The van der Waals surface area contributed by atoms with Crippen molar-refractivity contribution in [1.29, 1.82) is 0 Å². The van der Waals surface area contributed by atoms with E-state index in [2.05, 4.69) is 0 Å². The number of rotatable bonds is 3. The van der Waals surface area contributed by atoms with Gasteiger partial charge in [0.05, 0.1) is 4.34 Å². The summed E-state index contributed by atoms with van der Waals surface area (Å²) in [6, 6.07) is 8.36. The van der Waals surface area contributed by atoms with Crippen molar-refractivity contribution in [2.75, 3.05) is 0 Å². The molecule has 2 aromatic rings. The van der Waals surface area contributed by atoms with Crippen molar-refractivity contribution in [3.05, 3.63) is 56.5 Å². The molecule has 90 valence electrons. The largest absolute Gasteiger partial charge is 0.323 e. The minimum atomic E-state index is -0.225. The van der Waals surface area contributed by atoms with Crippen molar-refractivity contribution >= 4 is 22.9 Å². The van der Waals surface area contributed by atoms with E-state index in [9.17, 15) is 4.39 Å². The second kappa shape index (κ2) is 5.17. The van der Waals surface area contributed by atoms with Crippen molar-refractivity contribution in [2.24, 2.45) is 5.73 Å². The third-order valence-electron chi connectivity index (χ3n) is 2.61. The number of thiophene rings is 1. The molecule has 0 amide bonds. The van der Waals surface area contributed by atoms with Gasteiger partial charge in [-0.25, -0.2) is 4.39 Å². The van der Waals surface area contributed by atoms with Gasteiger partial charge in [0.2, 0.25) is 0 Å². The minimum absolute atomic E-state index is 0.0864. The molecule has 0 saturated carbocycles. The summed E-state index contributed by atoms with van der Waals surface area (Å²) >= 11 is 7.52. The van der Waals surface area contributed by atoms with E-state index in [1.807, 2.05) is 13.0 Å². The molecule has 0 aliphatic heterocycles. The number of aryl methyl sites for hydroxylation is 1. The Morgan fingerprint density at radius 3 is 2.53 bits per heavy atom. The van der Waals surface area contributed by atoms with Gasteiger partial charge in [0.15, 0.2) is 0 Å². The highest BCUT2D eigenvalue weighted by atomic mass is 35.5. The van der Waals surface area contributed by atoms with Crippen molar-refractivity contribution in [1.82, 2.24) is 0 Å². The lowest BCUT2D eigenvalue weighted by molar-refractivity contribution is 0.626. The first-order valence-electron chi connectivity index (χ1n) is 5.32. The molecule has 0 fully saturated rings. The van der Waals surface area contributed by atoms with E-state index in [0.29, 0.717) is 6.42 Å². The first-order chi connectivity index (χ1) is 8.06. The Morgan fingerprint density at radius 2 is 2.00 bits per heavy atom. The van der Waals surface area contributed by atoms with E-state index in [0.717, 1.165) is 20.3 Å². The minimum Gasteiger partial charge on any atom is -0.323 e. The molecular weight excluding hydrogens is 257 g/mol. The molecule has 1 atom stereocenters. The number of nitrogens with two attached hydrogens (primary N) is 1. The fourth-order valence-corrected chi connectivity index (χ4v) is 2.86. The van der Waals surface area contributed by atoms with Crippen LogP contribution in [0.2, 0.25) is 4.34 Å². The zero-order valence-corrected chi connectivity index (χ0v) is 11.0. The molecule has 1 heterocycles. The second-order valence-corrected chi connectivity index (χ2v) is 5.73. The van der Waals surface area contributed by atoms with E-state index in [1.54, 1.807) is 12.1 Å². The Labute approximate surface area is 109 Å². The summed E-state index contributed by atoms with van der Waals surface area (Å²) in [6.07, 6.45) is 0.691. The second-order valence-electron chi connectivity index (χ2n) is 4.04. The van der Waals surface area contributed by atoms with E-state index in [4.69, 9.17) is 17.3 Å². The van der Waals surface area contributed by atoms with Gasteiger partial charge in [-0.2, -0.15) is 0 Å². The average Bonchev–Trinajstić information content (AvgIpc) is 2.63. The summed E-state index contributed by atoms with van der Waals surface area (Å²) < 4.78 is 13.5. The van der Waals surface area contributed by atoms with Gasteiger partial charge in [0, 0.05) is 10.9 Å². The van der Waals surface area contributed by atoms with Gasteiger partial charge in [-0.15, -0.1) is 11.3 Å². The predicted octanol–water partition coefficient (Wildman–Crippen LogP) is 4.09. The molecule has 1 aromatic heterocycles. The maximum Gasteiger partial charge on any atom is 0.123 e. The van der Waals surface area contributed by atoms with Crippen LogP contribution >= 0.6 is 22.9 Å². The number of hydrogen-bond donors (Lipinski definition) is 1.